The molecule has 27 heavy (non-hydrogen) atoms. The first kappa shape index (κ1) is 16.8. The van der Waals surface area contributed by atoms with Gasteiger partial charge in [0.2, 0.25) is 5.95 Å². The fraction of sp³-hybridized carbons (Fsp3) is 0.0500. The van der Waals surface area contributed by atoms with Gasteiger partial charge >= 0.3 is 0 Å². The molecule has 7 heteroatoms. The molecule has 4 aromatic rings. The monoisotopic (exact) mass is 364 g/mol. The normalized spacial score (nSPS) is 10.9. The molecule has 0 bridgehead atoms. The second-order valence-corrected chi connectivity index (χ2v) is 6.01. The summed E-state index contributed by atoms with van der Waals surface area (Å²) in [6, 6.07) is 12.1. The third-order valence-electron chi connectivity index (χ3n) is 4.14. The van der Waals surface area contributed by atoms with Crippen molar-refractivity contribution in [3.8, 4) is 5.69 Å². The predicted octanol–water partition coefficient (Wildman–Crippen LogP) is 4.64. The van der Waals surface area contributed by atoms with Crippen molar-refractivity contribution in [3.63, 3.8) is 0 Å². The summed E-state index contributed by atoms with van der Waals surface area (Å²) in [6.07, 6.45) is 3.40. The van der Waals surface area contributed by atoms with Gasteiger partial charge in [0, 0.05) is 29.2 Å². The third-order valence-corrected chi connectivity index (χ3v) is 4.14. The summed E-state index contributed by atoms with van der Waals surface area (Å²) in [5.74, 6) is -0.915. The number of Topliss-reactive ketones (excluding diaryl/α,β-unsaturated/α-hetero) is 1. The SMILES string of the molecule is CC(=O)c1ccc(-n2ccc3cnc(Nc4ccc(F)cc4)nc32)cc1F. The minimum absolute atomic E-state index is 0.0449. The zero-order valence-corrected chi connectivity index (χ0v) is 14.3. The Morgan fingerprint density at radius 1 is 1.07 bits per heavy atom. The van der Waals surface area contributed by atoms with Gasteiger partial charge in [-0.05, 0) is 55.5 Å². The molecule has 0 aliphatic heterocycles. The average Bonchev–Trinajstić information content (AvgIpc) is 3.06. The van der Waals surface area contributed by atoms with E-state index in [9.17, 15) is 13.6 Å². The summed E-state index contributed by atoms with van der Waals surface area (Å²) in [5.41, 5.74) is 1.80. The van der Waals surface area contributed by atoms with Crippen molar-refractivity contribution >= 4 is 28.5 Å². The maximum atomic E-state index is 14.2. The smallest absolute Gasteiger partial charge is 0.229 e. The van der Waals surface area contributed by atoms with Crippen LogP contribution in [0.4, 0.5) is 20.4 Å². The van der Waals surface area contributed by atoms with Crippen molar-refractivity contribution in [2.45, 2.75) is 6.92 Å². The molecular weight excluding hydrogens is 350 g/mol. The molecule has 0 amide bonds. The highest BCUT2D eigenvalue weighted by atomic mass is 19.1. The highest BCUT2D eigenvalue weighted by molar-refractivity contribution is 5.94. The van der Waals surface area contributed by atoms with Crippen LogP contribution >= 0.6 is 0 Å². The molecule has 0 aliphatic carbocycles. The Balaban J connectivity index is 1.73. The zero-order chi connectivity index (χ0) is 19.0. The molecule has 0 atom stereocenters. The van der Waals surface area contributed by atoms with Crippen molar-refractivity contribution in [2.75, 3.05) is 5.32 Å². The molecule has 0 saturated heterocycles. The summed E-state index contributed by atoms with van der Waals surface area (Å²) in [5, 5.41) is 3.78. The lowest BCUT2D eigenvalue weighted by Crippen LogP contribution is -2.02. The molecule has 0 aliphatic rings. The van der Waals surface area contributed by atoms with E-state index in [1.54, 1.807) is 35.2 Å². The number of nitrogens with zero attached hydrogens (tertiary/aromatic N) is 3. The molecule has 0 radical (unpaired) electrons. The number of rotatable bonds is 4. The van der Waals surface area contributed by atoms with E-state index in [1.165, 1.54) is 31.2 Å². The van der Waals surface area contributed by atoms with Crippen LogP contribution < -0.4 is 5.32 Å². The van der Waals surface area contributed by atoms with Gasteiger partial charge < -0.3 is 9.88 Å². The standard InChI is InChI=1S/C20H14F2N4O/c1-12(27)17-7-6-16(10-18(17)22)26-9-8-13-11-23-20(25-19(13)26)24-15-4-2-14(21)3-5-15/h2-11H,1H3,(H,23,24,25). The molecule has 5 nitrogen and oxygen atoms in total. The van der Waals surface area contributed by atoms with E-state index >= 15 is 0 Å². The van der Waals surface area contributed by atoms with Gasteiger partial charge in [-0.25, -0.2) is 13.8 Å². The van der Waals surface area contributed by atoms with Crippen molar-refractivity contribution in [2.24, 2.45) is 0 Å². The molecule has 0 spiro atoms. The molecular formula is C20H14F2N4O. The Bertz CT molecular complexity index is 1150. The molecule has 1 N–H and O–H groups in total. The van der Waals surface area contributed by atoms with E-state index in [2.05, 4.69) is 15.3 Å². The Kier molecular flexibility index (Phi) is 4.12. The van der Waals surface area contributed by atoms with Crippen molar-refractivity contribution < 1.29 is 13.6 Å². The summed E-state index contributed by atoms with van der Waals surface area (Å²) in [6.45, 7) is 1.32. The largest absolute Gasteiger partial charge is 0.324 e. The topological polar surface area (TPSA) is 59.8 Å². The highest BCUT2D eigenvalue weighted by Crippen LogP contribution is 2.22. The summed E-state index contributed by atoms with van der Waals surface area (Å²) in [4.78, 5) is 20.1. The molecule has 2 aromatic heterocycles. The number of aromatic nitrogens is 3. The molecule has 0 fully saturated rings. The average molecular weight is 364 g/mol. The van der Waals surface area contributed by atoms with E-state index < -0.39 is 5.82 Å². The van der Waals surface area contributed by atoms with Gasteiger partial charge in [0.1, 0.15) is 17.3 Å². The second kappa shape index (κ2) is 6.60. The first-order valence-corrected chi connectivity index (χ1v) is 8.19. The Labute approximate surface area is 153 Å². The van der Waals surface area contributed by atoms with Gasteiger partial charge in [-0.15, -0.1) is 0 Å². The number of hydrogen-bond acceptors (Lipinski definition) is 4. The van der Waals surface area contributed by atoms with E-state index in [1.807, 2.05) is 6.07 Å². The van der Waals surface area contributed by atoms with Gasteiger partial charge in [0.05, 0.1) is 5.56 Å². The van der Waals surface area contributed by atoms with Crippen LogP contribution in [-0.2, 0) is 0 Å². The van der Waals surface area contributed by atoms with Crippen LogP contribution in [0.5, 0.6) is 0 Å². The first-order chi connectivity index (χ1) is 13.0. The molecule has 4 rings (SSSR count). The van der Waals surface area contributed by atoms with Crippen LogP contribution in [0.2, 0.25) is 0 Å². The lowest BCUT2D eigenvalue weighted by molar-refractivity contribution is 0.101. The molecule has 0 saturated carbocycles. The summed E-state index contributed by atoms with van der Waals surface area (Å²) in [7, 11) is 0. The van der Waals surface area contributed by atoms with E-state index in [4.69, 9.17) is 0 Å². The van der Waals surface area contributed by atoms with Crippen LogP contribution in [0.15, 0.2) is 60.9 Å². The lowest BCUT2D eigenvalue weighted by atomic mass is 10.1. The number of anilines is 2. The van der Waals surface area contributed by atoms with Crippen molar-refractivity contribution in [1.82, 2.24) is 14.5 Å². The van der Waals surface area contributed by atoms with E-state index in [0.29, 0.717) is 23.0 Å². The van der Waals surface area contributed by atoms with Gasteiger partial charge in [-0.3, -0.25) is 4.79 Å². The van der Waals surface area contributed by atoms with Gasteiger partial charge in [-0.1, -0.05) is 0 Å². The van der Waals surface area contributed by atoms with Crippen LogP contribution in [0.25, 0.3) is 16.7 Å². The molecule has 2 heterocycles. The van der Waals surface area contributed by atoms with Gasteiger partial charge in [0.25, 0.3) is 0 Å². The quantitative estimate of drug-likeness (QED) is 0.536. The maximum absolute atomic E-state index is 14.2. The van der Waals surface area contributed by atoms with E-state index in [0.717, 1.165) is 5.39 Å². The molecule has 134 valence electrons. The fourth-order valence-corrected chi connectivity index (χ4v) is 2.79. The van der Waals surface area contributed by atoms with Gasteiger partial charge in [-0.2, -0.15) is 4.98 Å². The second-order valence-electron chi connectivity index (χ2n) is 6.01. The minimum Gasteiger partial charge on any atom is -0.324 e. The number of benzene rings is 2. The number of ketones is 1. The van der Waals surface area contributed by atoms with Crippen molar-refractivity contribution in [3.05, 3.63) is 78.1 Å². The van der Waals surface area contributed by atoms with E-state index in [-0.39, 0.29) is 17.2 Å². The summed E-state index contributed by atoms with van der Waals surface area (Å²) < 4.78 is 28.9. The number of carbonyl (C=O) groups excluding carboxylic acids is 1. The number of carbonyl (C=O) groups is 1. The Morgan fingerprint density at radius 2 is 1.85 bits per heavy atom. The molecule has 2 aromatic carbocycles. The zero-order valence-electron chi connectivity index (χ0n) is 14.3. The number of hydrogen-bond donors (Lipinski definition) is 1. The number of fused-ring (bicyclic) bond motifs is 1. The summed E-state index contributed by atoms with van der Waals surface area (Å²) >= 11 is 0. The van der Waals surface area contributed by atoms with Crippen LogP contribution in [0.1, 0.15) is 17.3 Å². The lowest BCUT2D eigenvalue weighted by Gasteiger charge is -2.08. The number of halogens is 2. The third kappa shape index (κ3) is 3.27. The fourth-order valence-electron chi connectivity index (χ4n) is 2.79. The predicted molar refractivity (Wildman–Crippen MR) is 98.5 cm³/mol. The van der Waals surface area contributed by atoms with Crippen LogP contribution in [0, 0.1) is 11.6 Å². The first-order valence-electron chi connectivity index (χ1n) is 8.19. The Morgan fingerprint density at radius 3 is 2.56 bits per heavy atom. The molecule has 0 unspecified atom stereocenters. The van der Waals surface area contributed by atoms with Crippen molar-refractivity contribution in [1.29, 1.82) is 0 Å². The Hall–Kier alpha value is -3.61. The highest BCUT2D eigenvalue weighted by Gasteiger charge is 2.12. The van der Waals surface area contributed by atoms with Gasteiger partial charge in [0.15, 0.2) is 5.78 Å². The van der Waals surface area contributed by atoms with Crippen LogP contribution in [0.3, 0.4) is 0 Å². The minimum atomic E-state index is -0.583. The van der Waals surface area contributed by atoms with Crippen LogP contribution in [-0.4, -0.2) is 20.3 Å². The maximum Gasteiger partial charge on any atom is 0.229 e. The number of nitrogens with one attached hydrogen (secondary N) is 1.